The Morgan fingerprint density at radius 2 is 1.90 bits per heavy atom. The normalized spacial score (nSPS) is 19.7. The van der Waals surface area contributed by atoms with E-state index in [0.717, 1.165) is 4.90 Å². The summed E-state index contributed by atoms with van der Waals surface area (Å²) in [5.74, 6) is -4.06. The van der Waals surface area contributed by atoms with Crippen molar-refractivity contribution in [3.63, 3.8) is 0 Å². The minimum absolute atomic E-state index is 0.221. The Bertz CT molecular complexity index is 436. The second-order valence-corrected chi connectivity index (χ2v) is 5.02. The Hall–Kier alpha value is -2.12. The van der Waals surface area contributed by atoms with Crippen molar-refractivity contribution in [3.05, 3.63) is 0 Å². The number of nitrogens with one attached hydrogen (secondary N) is 1. The molecule has 0 aromatic carbocycles. The van der Waals surface area contributed by atoms with Crippen LogP contribution in [0.5, 0.6) is 0 Å². The molecule has 1 saturated heterocycles. The number of carbonyl (C=O) groups excluding carboxylic acids is 2. The zero-order valence-corrected chi connectivity index (χ0v) is 11.9. The molecular formula is C13H20N2O6. The average Bonchev–Trinajstić information content (AvgIpc) is 2.45. The van der Waals surface area contributed by atoms with Crippen LogP contribution in [0.2, 0.25) is 0 Å². The monoisotopic (exact) mass is 300 g/mol. The van der Waals surface area contributed by atoms with Crippen molar-refractivity contribution in [1.29, 1.82) is 0 Å². The van der Waals surface area contributed by atoms with E-state index in [9.17, 15) is 19.2 Å². The number of aliphatic carboxylic acids is 2. The van der Waals surface area contributed by atoms with Gasteiger partial charge in [-0.3, -0.25) is 14.4 Å². The SMILES string of the molecule is CCC(CC(=O)O)NC(=O)C(=O)N1CCCC[C@H]1C(=O)O. The maximum atomic E-state index is 12.1. The number of carbonyl (C=O) groups is 4. The van der Waals surface area contributed by atoms with Gasteiger partial charge in [0, 0.05) is 12.6 Å². The molecule has 0 aromatic heterocycles. The molecule has 118 valence electrons. The molecule has 21 heavy (non-hydrogen) atoms. The van der Waals surface area contributed by atoms with Gasteiger partial charge in [0.25, 0.3) is 0 Å². The van der Waals surface area contributed by atoms with Crippen molar-refractivity contribution in [2.24, 2.45) is 0 Å². The number of nitrogens with zero attached hydrogens (tertiary/aromatic N) is 1. The van der Waals surface area contributed by atoms with Crippen LogP contribution in [-0.2, 0) is 19.2 Å². The summed E-state index contributed by atoms with van der Waals surface area (Å²) in [5, 5.41) is 20.1. The van der Waals surface area contributed by atoms with Gasteiger partial charge in [0.1, 0.15) is 6.04 Å². The Kier molecular flexibility index (Phi) is 6.13. The molecule has 8 heteroatoms. The average molecular weight is 300 g/mol. The van der Waals surface area contributed by atoms with Crippen molar-refractivity contribution >= 4 is 23.8 Å². The highest BCUT2D eigenvalue weighted by atomic mass is 16.4. The Morgan fingerprint density at radius 3 is 2.43 bits per heavy atom. The Labute approximate surface area is 122 Å². The number of rotatable bonds is 5. The predicted octanol–water partition coefficient (Wildman–Crippen LogP) is -0.178. The maximum Gasteiger partial charge on any atom is 0.326 e. The van der Waals surface area contributed by atoms with E-state index < -0.39 is 35.8 Å². The highest BCUT2D eigenvalue weighted by Gasteiger charge is 2.35. The molecule has 0 saturated carbocycles. The first-order valence-corrected chi connectivity index (χ1v) is 6.92. The molecule has 0 aromatic rings. The molecule has 0 radical (unpaired) electrons. The van der Waals surface area contributed by atoms with Gasteiger partial charge in [-0.25, -0.2) is 4.79 Å². The molecule has 0 bridgehead atoms. The zero-order valence-electron chi connectivity index (χ0n) is 11.9. The second-order valence-electron chi connectivity index (χ2n) is 5.02. The van der Waals surface area contributed by atoms with Crippen LogP contribution in [0.4, 0.5) is 0 Å². The number of piperidine rings is 1. The lowest BCUT2D eigenvalue weighted by molar-refractivity contribution is -0.156. The molecule has 2 amide bonds. The predicted molar refractivity (Wildman–Crippen MR) is 71.5 cm³/mol. The minimum atomic E-state index is -1.13. The van der Waals surface area contributed by atoms with Gasteiger partial charge in [0.05, 0.1) is 6.42 Å². The van der Waals surface area contributed by atoms with Crippen LogP contribution in [0, 0.1) is 0 Å². The van der Waals surface area contributed by atoms with Gasteiger partial charge in [0.15, 0.2) is 0 Å². The molecule has 8 nitrogen and oxygen atoms in total. The first-order valence-electron chi connectivity index (χ1n) is 6.92. The van der Waals surface area contributed by atoms with E-state index in [2.05, 4.69) is 5.32 Å². The lowest BCUT2D eigenvalue weighted by atomic mass is 10.0. The van der Waals surface area contributed by atoms with Gasteiger partial charge in [0.2, 0.25) is 0 Å². The van der Waals surface area contributed by atoms with Gasteiger partial charge < -0.3 is 20.4 Å². The van der Waals surface area contributed by atoms with Crippen LogP contribution < -0.4 is 5.32 Å². The molecule has 1 aliphatic heterocycles. The summed E-state index contributed by atoms with van der Waals surface area (Å²) in [6, 6.07) is -1.64. The first-order chi connectivity index (χ1) is 9.86. The number of hydrogen-bond donors (Lipinski definition) is 3. The quantitative estimate of drug-likeness (QED) is 0.605. The fourth-order valence-electron chi connectivity index (χ4n) is 2.32. The van der Waals surface area contributed by atoms with E-state index in [4.69, 9.17) is 10.2 Å². The maximum absolute atomic E-state index is 12.1. The lowest BCUT2D eigenvalue weighted by Crippen LogP contribution is -2.54. The van der Waals surface area contributed by atoms with Gasteiger partial charge in [-0.05, 0) is 25.7 Å². The Morgan fingerprint density at radius 1 is 1.24 bits per heavy atom. The summed E-state index contributed by atoms with van der Waals surface area (Å²) in [5.41, 5.74) is 0. The van der Waals surface area contributed by atoms with Crippen LogP contribution in [0.15, 0.2) is 0 Å². The van der Waals surface area contributed by atoms with Gasteiger partial charge in [-0.2, -0.15) is 0 Å². The molecule has 1 aliphatic rings. The smallest absolute Gasteiger partial charge is 0.326 e. The molecule has 0 aliphatic carbocycles. The third-order valence-electron chi connectivity index (χ3n) is 3.49. The topological polar surface area (TPSA) is 124 Å². The van der Waals surface area contributed by atoms with E-state index in [1.165, 1.54) is 0 Å². The minimum Gasteiger partial charge on any atom is -0.481 e. The number of amides is 2. The lowest BCUT2D eigenvalue weighted by Gasteiger charge is -2.32. The van der Waals surface area contributed by atoms with Gasteiger partial charge in [-0.15, -0.1) is 0 Å². The standard InChI is InChI=1S/C13H20N2O6/c1-2-8(7-10(16)17)14-11(18)12(19)15-6-4-3-5-9(15)13(20)21/h8-9H,2-7H2,1H3,(H,14,18)(H,16,17)(H,20,21)/t8?,9-/m0/s1. The number of carboxylic acid groups (broad SMARTS) is 2. The molecule has 1 rings (SSSR count). The molecule has 3 N–H and O–H groups in total. The van der Waals surface area contributed by atoms with Gasteiger partial charge in [-0.1, -0.05) is 6.92 Å². The van der Waals surface area contributed by atoms with E-state index in [-0.39, 0.29) is 13.0 Å². The molecular weight excluding hydrogens is 280 g/mol. The highest BCUT2D eigenvalue weighted by Crippen LogP contribution is 2.17. The molecule has 1 fully saturated rings. The van der Waals surface area contributed by atoms with Crippen molar-refractivity contribution < 1.29 is 29.4 Å². The first kappa shape index (κ1) is 16.9. The number of carboxylic acids is 2. The summed E-state index contributed by atoms with van der Waals surface area (Å²) in [7, 11) is 0. The molecule has 1 unspecified atom stereocenters. The largest absolute Gasteiger partial charge is 0.481 e. The van der Waals surface area contributed by atoms with Crippen LogP contribution in [0.25, 0.3) is 0 Å². The van der Waals surface area contributed by atoms with Crippen molar-refractivity contribution in [2.45, 2.75) is 51.1 Å². The van der Waals surface area contributed by atoms with E-state index >= 15 is 0 Å². The zero-order chi connectivity index (χ0) is 16.0. The van der Waals surface area contributed by atoms with E-state index in [1.807, 2.05) is 0 Å². The molecule has 2 atom stereocenters. The fraction of sp³-hybridized carbons (Fsp3) is 0.692. The second kappa shape index (κ2) is 7.61. The van der Waals surface area contributed by atoms with Crippen molar-refractivity contribution in [2.75, 3.05) is 6.54 Å². The summed E-state index contributed by atoms with van der Waals surface area (Å²) < 4.78 is 0. The fourth-order valence-corrected chi connectivity index (χ4v) is 2.32. The summed E-state index contributed by atoms with van der Waals surface area (Å²) in [6.07, 6.45) is 1.75. The molecule has 1 heterocycles. The van der Waals surface area contributed by atoms with Gasteiger partial charge >= 0.3 is 23.8 Å². The van der Waals surface area contributed by atoms with Crippen molar-refractivity contribution in [1.82, 2.24) is 10.2 Å². The third-order valence-corrected chi connectivity index (χ3v) is 3.49. The molecule has 0 spiro atoms. The van der Waals surface area contributed by atoms with Crippen LogP contribution in [0.3, 0.4) is 0 Å². The van der Waals surface area contributed by atoms with Crippen molar-refractivity contribution in [3.8, 4) is 0 Å². The summed E-state index contributed by atoms with van der Waals surface area (Å²) in [4.78, 5) is 46.7. The highest BCUT2D eigenvalue weighted by molar-refractivity contribution is 6.35. The van der Waals surface area contributed by atoms with Crippen LogP contribution >= 0.6 is 0 Å². The Balaban J connectivity index is 2.69. The van der Waals surface area contributed by atoms with Crippen LogP contribution in [-0.4, -0.2) is 57.5 Å². The summed E-state index contributed by atoms with van der Waals surface area (Å²) in [6.45, 7) is 1.91. The number of likely N-dealkylation sites (tertiary alicyclic amines) is 1. The van der Waals surface area contributed by atoms with Crippen LogP contribution in [0.1, 0.15) is 39.0 Å². The van der Waals surface area contributed by atoms with E-state index in [1.54, 1.807) is 6.92 Å². The summed E-state index contributed by atoms with van der Waals surface area (Å²) >= 11 is 0. The van der Waals surface area contributed by atoms with E-state index in [0.29, 0.717) is 25.7 Å². The third kappa shape index (κ3) is 4.73. The number of hydrogen-bond acceptors (Lipinski definition) is 4.